The van der Waals surface area contributed by atoms with Gasteiger partial charge in [-0.1, -0.05) is 29.3 Å². The molecule has 150 valence electrons. The summed E-state index contributed by atoms with van der Waals surface area (Å²) < 4.78 is 176. The molecule has 1 aromatic carbocycles. The molecule has 1 saturated heterocycles. The van der Waals surface area contributed by atoms with Crippen molar-refractivity contribution in [3.63, 3.8) is 0 Å². The fourth-order valence-corrected chi connectivity index (χ4v) is 2.45. The van der Waals surface area contributed by atoms with E-state index in [2.05, 4.69) is 0 Å². The van der Waals surface area contributed by atoms with Crippen molar-refractivity contribution in [3.8, 4) is 0 Å². The smallest absolute Gasteiger partial charge is 0.314 e. The molecular weight excluding hydrogens is 383 g/mol. The number of nitrogens with zero attached hydrogens (tertiary/aromatic N) is 2. The molecular formula is C20H30Cl2N4O. The van der Waals surface area contributed by atoms with E-state index in [0.717, 1.165) is 6.07 Å². The number of benzene rings is 1. The van der Waals surface area contributed by atoms with Gasteiger partial charge in [-0.25, -0.2) is 4.79 Å². The van der Waals surface area contributed by atoms with Gasteiger partial charge in [0.2, 0.25) is 0 Å². The second kappa shape index (κ2) is 9.85. The molecule has 0 unspecified atom stereocenters. The van der Waals surface area contributed by atoms with Crippen LogP contribution in [0, 0.1) is 5.89 Å². The van der Waals surface area contributed by atoms with Gasteiger partial charge in [0.25, 0.3) is 0 Å². The first kappa shape index (κ1) is 6.68. The van der Waals surface area contributed by atoms with Crippen molar-refractivity contribution in [2.45, 2.75) is 37.9 Å². The summed E-state index contributed by atoms with van der Waals surface area (Å²) in [6.07, 6.45) is -17.8. The summed E-state index contributed by atoms with van der Waals surface area (Å²) in [5.74, 6) is -3.75. The monoisotopic (exact) mass is 433 g/mol. The summed E-state index contributed by atoms with van der Waals surface area (Å²) in [4.78, 5) is 12.3. The molecule has 7 heteroatoms. The summed E-state index contributed by atoms with van der Waals surface area (Å²) in [5.41, 5.74) is -0.563. The maximum absolute atomic E-state index is 12.3. The lowest BCUT2D eigenvalue weighted by Crippen LogP contribution is -2.47. The molecule has 0 radical (unpaired) electrons. The third kappa shape index (κ3) is 5.66. The van der Waals surface area contributed by atoms with Crippen LogP contribution in [0.2, 0.25) is 10.0 Å². The molecule has 0 aromatic heterocycles. The number of piperazine rings is 1. The van der Waals surface area contributed by atoms with Gasteiger partial charge < -0.3 is 15.5 Å². The van der Waals surface area contributed by atoms with E-state index in [1.54, 1.807) is 0 Å². The average molecular weight is 435 g/mol. The lowest BCUT2D eigenvalue weighted by Gasteiger charge is -2.37. The van der Waals surface area contributed by atoms with Gasteiger partial charge in [0.05, 0.1) is 22.6 Å². The Balaban J connectivity index is 2.16. The first-order chi connectivity index (χ1) is 21.0. The van der Waals surface area contributed by atoms with E-state index in [-0.39, 0.29) is 14.8 Å². The van der Waals surface area contributed by atoms with Gasteiger partial charge in [0.15, 0.2) is 0 Å². The van der Waals surface area contributed by atoms with Gasteiger partial charge in [-0.05, 0) is 56.5 Å². The van der Waals surface area contributed by atoms with Crippen molar-refractivity contribution in [2.24, 2.45) is 5.89 Å². The Labute approximate surface area is 201 Å². The molecule has 2 aliphatic rings. The summed E-state index contributed by atoms with van der Waals surface area (Å²) in [5, 5.41) is 1.95. The fraction of sp³-hybridized carbons (Fsp3) is 0.650. The lowest BCUT2D eigenvalue weighted by atomic mass is 9.84. The molecule has 5 nitrogen and oxygen atoms in total. The second-order valence-corrected chi connectivity index (χ2v) is 5.98. The van der Waals surface area contributed by atoms with Crippen molar-refractivity contribution in [3.05, 3.63) is 28.2 Å². The first-order valence-corrected chi connectivity index (χ1v) is 8.37. The van der Waals surface area contributed by atoms with Gasteiger partial charge in [0.1, 0.15) is 0 Å². The van der Waals surface area contributed by atoms with Crippen LogP contribution in [0.25, 0.3) is 0 Å². The van der Waals surface area contributed by atoms with E-state index < -0.39 is 100 Å². The lowest BCUT2D eigenvalue weighted by molar-refractivity contribution is 0.206. The third-order valence-corrected chi connectivity index (χ3v) is 4.19. The van der Waals surface area contributed by atoms with Crippen LogP contribution >= 0.6 is 23.2 Å². The standard InChI is InChI=1S/C20H30Cl2N4O/c1-23-20(27)24-16-7-5-15(6-8-16)9-10-25-11-13-26(14-12-25)18-4-2-3-17(21)19(18)22/h2-4,15-16H,5-14H2,1H3,(H2,23,24,27)/i1D3,5D2,6D2,7D2,8D2,11D2,12D2,13D2,14D2,15D,16D. The maximum Gasteiger partial charge on any atom is 0.314 e. The third-order valence-electron chi connectivity index (χ3n) is 3.38. The van der Waals surface area contributed by atoms with Crippen molar-refractivity contribution in [1.82, 2.24) is 15.5 Å². The van der Waals surface area contributed by atoms with Gasteiger partial charge in [-0.15, -0.1) is 0 Å². The quantitative estimate of drug-likeness (QED) is 0.737. The van der Waals surface area contributed by atoms with Gasteiger partial charge in [-0.2, -0.15) is 0 Å². The van der Waals surface area contributed by atoms with Crippen LogP contribution in [0.4, 0.5) is 10.5 Å². The zero-order valence-corrected chi connectivity index (χ0v) is 15.2. The number of hydrogen-bond acceptors (Lipinski definition) is 3. The molecule has 2 fully saturated rings. The Bertz CT molecular complexity index is 1390. The highest BCUT2D eigenvalue weighted by Crippen LogP contribution is 2.33. The largest absolute Gasteiger partial charge is 0.368 e. The van der Waals surface area contributed by atoms with Crippen molar-refractivity contribution in [2.75, 3.05) is 44.4 Å². The number of carbonyl (C=O) groups is 1. The molecule has 2 amide bonds. The van der Waals surface area contributed by atoms with E-state index >= 15 is 0 Å². The highest BCUT2D eigenvalue weighted by atomic mass is 35.5. The highest BCUT2D eigenvalue weighted by molar-refractivity contribution is 6.43. The normalized spacial score (nSPS) is 56.2. The first-order valence-electron chi connectivity index (χ1n) is 18.1. The van der Waals surface area contributed by atoms with E-state index in [4.69, 9.17) is 52.0 Å². The SMILES string of the molecule is [2H]C([2H])([2H])NC(=O)NC1([2H])C([2H])([2H])C([2H])([2H])C([2H])(CCN2C([2H])([2H])C([2H])([2H])N(c3cccc(Cl)c3Cl)C([2H])([2H])C2([2H])[2H])C([2H])([2H])C1([2H])[2H]. The van der Waals surface area contributed by atoms with Crippen LogP contribution in [0.3, 0.4) is 0 Å². The number of nitrogens with one attached hydrogen (secondary N) is 2. The van der Waals surface area contributed by atoms with Crippen molar-refractivity contribution in [1.29, 1.82) is 0 Å². The Morgan fingerprint density at radius 1 is 1.26 bits per heavy atom. The molecule has 1 aliphatic carbocycles. The summed E-state index contributed by atoms with van der Waals surface area (Å²) in [6, 6.07) is -2.40. The molecule has 1 aliphatic heterocycles. The summed E-state index contributed by atoms with van der Waals surface area (Å²) in [7, 11) is 0. The zero-order chi connectivity index (χ0) is 37.9. The topological polar surface area (TPSA) is 47.6 Å². The fourth-order valence-electron chi connectivity index (χ4n) is 2.07. The van der Waals surface area contributed by atoms with Crippen LogP contribution in [-0.4, -0.2) is 56.5 Å². The van der Waals surface area contributed by atoms with E-state index in [1.807, 2.05) is 0 Å². The van der Waals surface area contributed by atoms with Gasteiger partial charge in [0, 0.05) is 60.9 Å². The zero-order valence-electron chi connectivity index (χ0n) is 34.7. The summed E-state index contributed by atoms with van der Waals surface area (Å²) in [6.45, 7) is -19.1. The summed E-state index contributed by atoms with van der Waals surface area (Å²) >= 11 is 12.2. The number of halogens is 2. The minimum atomic E-state index is -4.09. The van der Waals surface area contributed by atoms with E-state index in [9.17, 15) is 4.79 Å². The number of carbonyl (C=O) groups excluding carboxylic acids is 1. The molecule has 1 saturated carbocycles. The minimum absolute atomic E-state index is 0.0714. The molecule has 0 atom stereocenters. The molecule has 2 N–H and O–H groups in total. The van der Waals surface area contributed by atoms with Gasteiger partial charge >= 0.3 is 6.03 Å². The maximum atomic E-state index is 12.3. The number of hydrogen-bond donors (Lipinski definition) is 2. The van der Waals surface area contributed by atoms with Gasteiger partial charge in [-0.3, -0.25) is 4.90 Å². The van der Waals surface area contributed by atoms with Crippen LogP contribution in [-0.2, 0) is 0 Å². The number of rotatable bonds is 5. The van der Waals surface area contributed by atoms with Crippen molar-refractivity contribution >= 4 is 34.9 Å². The molecule has 0 spiro atoms. The van der Waals surface area contributed by atoms with E-state index in [0.29, 0.717) is 0 Å². The van der Waals surface area contributed by atoms with Crippen molar-refractivity contribution < 1.29 is 33.6 Å². The molecule has 27 heavy (non-hydrogen) atoms. The predicted molar refractivity (Wildman–Crippen MR) is 113 cm³/mol. The van der Waals surface area contributed by atoms with Crippen LogP contribution in [0.1, 0.15) is 60.7 Å². The number of anilines is 1. The van der Waals surface area contributed by atoms with E-state index in [1.165, 1.54) is 22.8 Å². The minimum Gasteiger partial charge on any atom is -0.368 e. The number of amides is 2. The Morgan fingerprint density at radius 2 is 2.00 bits per heavy atom. The highest BCUT2D eigenvalue weighted by Gasteiger charge is 2.24. The molecule has 3 rings (SSSR count). The molecule has 0 bridgehead atoms. The Kier molecular flexibility index (Phi) is 2.44. The average Bonchev–Trinajstić information content (AvgIpc) is 2.87. The van der Waals surface area contributed by atoms with Crippen LogP contribution in [0.5, 0.6) is 0 Å². The van der Waals surface area contributed by atoms with Crippen LogP contribution < -0.4 is 15.5 Å². The van der Waals surface area contributed by atoms with Crippen LogP contribution in [0.15, 0.2) is 18.2 Å². The molecule has 1 aromatic rings. The Hall–Kier alpha value is -1.17. The Morgan fingerprint density at radius 3 is 2.70 bits per heavy atom. The molecule has 1 heterocycles. The number of urea groups is 1. The predicted octanol–water partition coefficient (Wildman–Crippen LogP) is 3.99. The second-order valence-electron chi connectivity index (χ2n) is 5.19.